The van der Waals surface area contributed by atoms with E-state index in [1.54, 1.807) is 38.0 Å². The Labute approximate surface area is 194 Å². The second-order valence-corrected chi connectivity index (χ2v) is 8.73. The van der Waals surface area contributed by atoms with Crippen LogP contribution in [0.5, 0.6) is 11.5 Å². The minimum Gasteiger partial charge on any atom is -0.497 e. The van der Waals surface area contributed by atoms with E-state index in [0.717, 1.165) is 11.1 Å². The standard InChI is InChI=1S/C23H22ClN3O4S/c1-27-21-20(22(29)26-23(27)32-12-13-4-6-14(24)7-5-13)17(11-19(28)25-21)16-9-8-15(30-2)10-18(16)31-3/h4-10,17H,11-12H2,1-3H3,(H,25,28)/t17-/m0/s1. The molecule has 1 amide bonds. The molecular formula is C23H22ClN3O4S. The number of thioether (sulfide) groups is 1. The fraction of sp³-hybridized carbons (Fsp3) is 0.261. The van der Waals surface area contributed by atoms with Crippen molar-refractivity contribution < 1.29 is 14.3 Å². The predicted molar refractivity (Wildman–Crippen MR) is 125 cm³/mol. The van der Waals surface area contributed by atoms with Gasteiger partial charge in [-0.05, 0) is 23.8 Å². The predicted octanol–water partition coefficient (Wildman–Crippen LogP) is 4.22. The van der Waals surface area contributed by atoms with Gasteiger partial charge in [0.25, 0.3) is 5.56 Å². The normalized spacial score (nSPS) is 15.1. The summed E-state index contributed by atoms with van der Waals surface area (Å²) < 4.78 is 12.6. The number of benzene rings is 2. The molecule has 0 bridgehead atoms. The van der Waals surface area contributed by atoms with E-state index in [0.29, 0.717) is 38.8 Å². The fourth-order valence-electron chi connectivity index (χ4n) is 3.76. The van der Waals surface area contributed by atoms with Crippen molar-refractivity contribution in [1.29, 1.82) is 0 Å². The first kappa shape index (κ1) is 22.2. The maximum atomic E-state index is 13.1. The van der Waals surface area contributed by atoms with Gasteiger partial charge in [-0.1, -0.05) is 41.6 Å². The van der Waals surface area contributed by atoms with Gasteiger partial charge < -0.3 is 19.4 Å². The zero-order valence-corrected chi connectivity index (χ0v) is 19.4. The fourth-order valence-corrected chi connectivity index (χ4v) is 4.81. The summed E-state index contributed by atoms with van der Waals surface area (Å²) in [6.45, 7) is 0. The molecule has 3 aromatic rings. The summed E-state index contributed by atoms with van der Waals surface area (Å²) in [5.74, 6) is 1.61. The third-order valence-corrected chi connectivity index (χ3v) is 6.75. The number of carbonyl (C=O) groups excluding carboxylic acids is 1. The molecule has 4 rings (SSSR count). The van der Waals surface area contributed by atoms with Gasteiger partial charge in [-0.15, -0.1) is 0 Å². The van der Waals surface area contributed by atoms with E-state index in [1.807, 2.05) is 30.3 Å². The minimum absolute atomic E-state index is 0.129. The first-order valence-electron chi connectivity index (χ1n) is 9.91. The second kappa shape index (κ2) is 9.26. The van der Waals surface area contributed by atoms with Crippen LogP contribution in [0.1, 0.15) is 29.0 Å². The molecule has 1 aromatic heterocycles. The van der Waals surface area contributed by atoms with Crippen molar-refractivity contribution in [2.45, 2.75) is 23.2 Å². The number of amides is 1. The highest BCUT2D eigenvalue weighted by molar-refractivity contribution is 7.98. The number of hydrogen-bond donors (Lipinski definition) is 1. The first-order valence-corrected chi connectivity index (χ1v) is 11.3. The molecule has 1 aliphatic rings. The maximum Gasteiger partial charge on any atom is 0.279 e. The Morgan fingerprint density at radius 3 is 2.59 bits per heavy atom. The van der Waals surface area contributed by atoms with Crippen molar-refractivity contribution in [2.24, 2.45) is 7.05 Å². The molecule has 1 atom stereocenters. The van der Waals surface area contributed by atoms with E-state index < -0.39 is 5.92 Å². The molecule has 32 heavy (non-hydrogen) atoms. The van der Waals surface area contributed by atoms with Gasteiger partial charge in [-0.25, -0.2) is 0 Å². The van der Waals surface area contributed by atoms with Crippen molar-refractivity contribution in [3.05, 3.63) is 74.5 Å². The number of aromatic nitrogens is 2. The van der Waals surface area contributed by atoms with E-state index in [2.05, 4.69) is 10.3 Å². The topological polar surface area (TPSA) is 82.5 Å². The molecular weight excluding hydrogens is 450 g/mol. The Bertz CT molecular complexity index is 1230. The van der Waals surface area contributed by atoms with E-state index in [-0.39, 0.29) is 17.9 Å². The third-order valence-electron chi connectivity index (χ3n) is 5.40. The molecule has 2 heterocycles. The smallest absolute Gasteiger partial charge is 0.279 e. The lowest BCUT2D eigenvalue weighted by molar-refractivity contribution is -0.116. The molecule has 0 fully saturated rings. The highest BCUT2D eigenvalue weighted by Crippen LogP contribution is 2.40. The monoisotopic (exact) mass is 471 g/mol. The van der Waals surface area contributed by atoms with Crippen LogP contribution < -0.4 is 20.3 Å². The molecule has 2 aromatic carbocycles. The molecule has 0 saturated carbocycles. The minimum atomic E-state index is -0.471. The molecule has 166 valence electrons. The average molecular weight is 472 g/mol. The second-order valence-electron chi connectivity index (χ2n) is 7.35. The lowest BCUT2D eigenvalue weighted by atomic mass is 9.86. The molecule has 9 heteroatoms. The SMILES string of the molecule is COc1ccc([C@@H]2CC(=O)Nc3c2c(=O)nc(SCc2ccc(Cl)cc2)n3C)c(OC)c1. The molecule has 0 unspecified atom stereocenters. The zero-order chi connectivity index (χ0) is 22.8. The van der Waals surface area contributed by atoms with Gasteiger partial charge in [0.15, 0.2) is 5.16 Å². The molecule has 1 aliphatic heterocycles. The number of rotatable bonds is 6. The summed E-state index contributed by atoms with van der Waals surface area (Å²) in [5.41, 5.74) is 1.88. The number of halogens is 1. The van der Waals surface area contributed by atoms with Crippen molar-refractivity contribution in [3.8, 4) is 11.5 Å². The van der Waals surface area contributed by atoms with Crippen molar-refractivity contribution in [3.63, 3.8) is 0 Å². The van der Waals surface area contributed by atoms with Crippen LogP contribution in [0.25, 0.3) is 0 Å². The quantitative estimate of drug-likeness (QED) is 0.428. The average Bonchev–Trinajstić information content (AvgIpc) is 2.80. The number of carbonyl (C=O) groups is 1. The Morgan fingerprint density at radius 1 is 1.16 bits per heavy atom. The first-order chi connectivity index (χ1) is 15.4. The molecule has 1 N–H and O–H groups in total. The molecule has 0 spiro atoms. The summed E-state index contributed by atoms with van der Waals surface area (Å²) in [5, 5.41) is 4.05. The number of ether oxygens (including phenoxy) is 2. The van der Waals surface area contributed by atoms with Gasteiger partial charge in [0.1, 0.15) is 17.3 Å². The summed E-state index contributed by atoms with van der Waals surface area (Å²) in [6.07, 6.45) is 0.129. The van der Waals surface area contributed by atoms with Crippen LogP contribution in [-0.4, -0.2) is 29.7 Å². The van der Waals surface area contributed by atoms with E-state index >= 15 is 0 Å². The van der Waals surface area contributed by atoms with Crippen LogP contribution in [0.2, 0.25) is 5.02 Å². The van der Waals surface area contributed by atoms with Gasteiger partial charge >= 0.3 is 0 Å². The van der Waals surface area contributed by atoms with Crippen LogP contribution in [0, 0.1) is 0 Å². The Hall–Kier alpha value is -2.97. The molecule has 0 saturated heterocycles. The lowest BCUT2D eigenvalue weighted by Crippen LogP contribution is -2.33. The summed E-state index contributed by atoms with van der Waals surface area (Å²) >= 11 is 7.37. The lowest BCUT2D eigenvalue weighted by Gasteiger charge is -2.28. The maximum absolute atomic E-state index is 13.1. The van der Waals surface area contributed by atoms with Gasteiger partial charge in [0, 0.05) is 41.8 Å². The van der Waals surface area contributed by atoms with Crippen molar-refractivity contribution in [1.82, 2.24) is 9.55 Å². The summed E-state index contributed by atoms with van der Waals surface area (Å²) in [7, 11) is 4.92. The number of nitrogens with zero attached hydrogens (tertiary/aromatic N) is 2. The van der Waals surface area contributed by atoms with Gasteiger partial charge in [0.2, 0.25) is 5.91 Å². The number of fused-ring (bicyclic) bond motifs is 1. The molecule has 7 nitrogen and oxygen atoms in total. The third kappa shape index (κ3) is 4.33. The number of hydrogen-bond acceptors (Lipinski definition) is 6. The Morgan fingerprint density at radius 2 is 1.91 bits per heavy atom. The number of methoxy groups -OCH3 is 2. The van der Waals surface area contributed by atoms with E-state index in [9.17, 15) is 9.59 Å². The largest absolute Gasteiger partial charge is 0.497 e. The van der Waals surface area contributed by atoms with Crippen molar-refractivity contribution in [2.75, 3.05) is 19.5 Å². The molecule has 0 radical (unpaired) electrons. The van der Waals surface area contributed by atoms with Crippen LogP contribution in [0.15, 0.2) is 52.4 Å². The Kier molecular flexibility index (Phi) is 6.43. The van der Waals surface area contributed by atoms with Gasteiger partial charge in [-0.3, -0.25) is 9.59 Å². The zero-order valence-electron chi connectivity index (χ0n) is 17.8. The number of nitrogens with one attached hydrogen (secondary N) is 1. The van der Waals surface area contributed by atoms with E-state index in [1.165, 1.54) is 11.8 Å². The highest BCUT2D eigenvalue weighted by Gasteiger charge is 2.33. The van der Waals surface area contributed by atoms with Crippen LogP contribution in [0.4, 0.5) is 5.82 Å². The van der Waals surface area contributed by atoms with Gasteiger partial charge in [-0.2, -0.15) is 4.98 Å². The van der Waals surface area contributed by atoms with E-state index in [4.69, 9.17) is 21.1 Å². The van der Waals surface area contributed by atoms with Crippen LogP contribution in [0.3, 0.4) is 0 Å². The summed E-state index contributed by atoms with van der Waals surface area (Å²) in [4.78, 5) is 30.1. The summed E-state index contributed by atoms with van der Waals surface area (Å²) in [6, 6.07) is 12.9. The van der Waals surface area contributed by atoms with Crippen molar-refractivity contribution >= 4 is 35.1 Å². The van der Waals surface area contributed by atoms with Crippen LogP contribution in [-0.2, 0) is 17.6 Å². The number of anilines is 1. The Balaban J connectivity index is 1.73. The highest BCUT2D eigenvalue weighted by atomic mass is 35.5. The molecule has 0 aliphatic carbocycles. The van der Waals surface area contributed by atoms with Crippen LogP contribution >= 0.6 is 23.4 Å². The van der Waals surface area contributed by atoms with Gasteiger partial charge in [0.05, 0.1) is 19.8 Å².